The first-order valence-corrected chi connectivity index (χ1v) is 6.89. The average molecular weight is 280 g/mol. The molecule has 0 saturated heterocycles. The highest BCUT2D eigenvalue weighted by molar-refractivity contribution is 5.73. The lowest BCUT2D eigenvalue weighted by Crippen LogP contribution is -2.21. The summed E-state index contributed by atoms with van der Waals surface area (Å²) in [6.45, 7) is 1.81. The van der Waals surface area contributed by atoms with Crippen molar-refractivity contribution < 1.29 is 5.11 Å². The van der Waals surface area contributed by atoms with Crippen molar-refractivity contribution in [2.45, 2.75) is 18.9 Å². The minimum Gasteiger partial charge on any atom is -0.388 e. The number of nitrogens with one attached hydrogen (secondary N) is 1. The molecule has 2 unspecified atom stereocenters. The number of benzene rings is 2. The highest BCUT2D eigenvalue weighted by atomic mass is 16.3. The Hall–Kier alpha value is -2.46. The van der Waals surface area contributed by atoms with E-state index in [-0.39, 0.29) is 11.5 Å². The van der Waals surface area contributed by atoms with Gasteiger partial charge in [0, 0.05) is 5.92 Å². The second-order valence-corrected chi connectivity index (χ2v) is 5.11. The van der Waals surface area contributed by atoms with Gasteiger partial charge in [0.05, 0.1) is 17.1 Å². The molecule has 2 atom stereocenters. The fourth-order valence-electron chi connectivity index (χ4n) is 2.44. The van der Waals surface area contributed by atoms with Crippen LogP contribution in [0.15, 0.2) is 59.4 Å². The third kappa shape index (κ3) is 2.58. The molecular weight excluding hydrogens is 264 g/mol. The van der Waals surface area contributed by atoms with Crippen LogP contribution in [0.4, 0.5) is 0 Å². The number of aliphatic hydroxyl groups is 1. The predicted octanol–water partition coefficient (Wildman–Crippen LogP) is 2.76. The summed E-state index contributed by atoms with van der Waals surface area (Å²) in [6, 6.07) is 16.7. The van der Waals surface area contributed by atoms with Crippen molar-refractivity contribution in [3.63, 3.8) is 0 Å². The molecule has 4 heteroatoms. The normalized spacial score (nSPS) is 14.0. The van der Waals surface area contributed by atoms with Gasteiger partial charge in [0.25, 0.3) is 5.56 Å². The van der Waals surface area contributed by atoms with Crippen LogP contribution in [0.2, 0.25) is 0 Å². The van der Waals surface area contributed by atoms with Crippen molar-refractivity contribution in [3.8, 4) is 0 Å². The fraction of sp³-hybridized carbons (Fsp3) is 0.176. The lowest BCUT2D eigenvalue weighted by atomic mass is 9.94. The summed E-state index contributed by atoms with van der Waals surface area (Å²) in [6.07, 6.45) is -0.763. The Morgan fingerprint density at radius 1 is 1.05 bits per heavy atom. The highest BCUT2D eigenvalue weighted by Crippen LogP contribution is 2.28. The highest BCUT2D eigenvalue weighted by Gasteiger charge is 2.22. The summed E-state index contributed by atoms with van der Waals surface area (Å²) >= 11 is 0. The zero-order valence-corrected chi connectivity index (χ0v) is 11.7. The zero-order valence-electron chi connectivity index (χ0n) is 11.7. The van der Waals surface area contributed by atoms with Crippen molar-refractivity contribution in [2.75, 3.05) is 0 Å². The summed E-state index contributed by atoms with van der Waals surface area (Å²) in [5.74, 6) is -0.388. The number of hydrogen-bond acceptors (Lipinski definition) is 3. The zero-order chi connectivity index (χ0) is 14.8. The number of para-hydroxylation sites is 2. The van der Waals surface area contributed by atoms with Gasteiger partial charge in [-0.2, -0.15) is 0 Å². The van der Waals surface area contributed by atoms with E-state index in [1.165, 1.54) is 0 Å². The van der Waals surface area contributed by atoms with Crippen LogP contribution in [-0.2, 0) is 0 Å². The topological polar surface area (TPSA) is 66.0 Å². The smallest absolute Gasteiger partial charge is 0.270 e. The minimum absolute atomic E-state index is 0.254. The first-order chi connectivity index (χ1) is 10.2. The van der Waals surface area contributed by atoms with Crippen molar-refractivity contribution in [1.82, 2.24) is 9.97 Å². The fourth-order valence-corrected chi connectivity index (χ4v) is 2.44. The Morgan fingerprint density at radius 2 is 1.71 bits per heavy atom. The molecule has 0 radical (unpaired) electrons. The van der Waals surface area contributed by atoms with Crippen LogP contribution in [0, 0.1) is 0 Å². The largest absolute Gasteiger partial charge is 0.388 e. The first kappa shape index (κ1) is 13.5. The molecule has 1 heterocycles. The second-order valence-electron chi connectivity index (χ2n) is 5.11. The molecule has 106 valence electrons. The number of aliphatic hydroxyl groups excluding tert-OH is 1. The summed E-state index contributed by atoms with van der Waals surface area (Å²) in [7, 11) is 0. The predicted molar refractivity (Wildman–Crippen MR) is 82.2 cm³/mol. The Morgan fingerprint density at radius 3 is 2.48 bits per heavy atom. The van der Waals surface area contributed by atoms with Crippen molar-refractivity contribution in [3.05, 3.63) is 76.2 Å². The Labute approximate surface area is 122 Å². The summed E-state index contributed by atoms with van der Waals surface area (Å²) in [5, 5.41) is 10.4. The van der Waals surface area contributed by atoms with Gasteiger partial charge in [-0.05, 0) is 17.7 Å². The van der Waals surface area contributed by atoms with Crippen molar-refractivity contribution in [2.24, 2.45) is 0 Å². The maximum atomic E-state index is 12.2. The maximum absolute atomic E-state index is 12.2. The molecule has 0 saturated carbocycles. The molecule has 2 N–H and O–H groups in total. The van der Waals surface area contributed by atoms with Crippen LogP contribution in [0.5, 0.6) is 0 Å². The molecule has 3 aromatic rings. The monoisotopic (exact) mass is 280 g/mol. The van der Waals surface area contributed by atoms with E-state index in [2.05, 4.69) is 9.97 Å². The SMILES string of the molecule is CC(c1nc2ccccc2[nH]c1=O)C(O)c1ccccc1. The van der Waals surface area contributed by atoms with Gasteiger partial charge in [0.1, 0.15) is 5.69 Å². The van der Waals surface area contributed by atoms with E-state index in [4.69, 9.17) is 0 Å². The number of nitrogens with zero attached hydrogens (tertiary/aromatic N) is 1. The van der Waals surface area contributed by atoms with E-state index in [1.54, 1.807) is 0 Å². The van der Waals surface area contributed by atoms with Gasteiger partial charge < -0.3 is 10.1 Å². The Bertz CT molecular complexity index is 812. The van der Waals surface area contributed by atoms with Gasteiger partial charge in [-0.3, -0.25) is 4.79 Å². The van der Waals surface area contributed by atoms with E-state index in [0.29, 0.717) is 11.2 Å². The van der Waals surface area contributed by atoms with Crippen molar-refractivity contribution in [1.29, 1.82) is 0 Å². The molecule has 4 nitrogen and oxygen atoms in total. The molecule has 0 aliphatic rings. The van der Waals surface area contributed by atoms with Gasteiger partial charge >= 0.3 is 0 Å². The molecule has 3 rings (SSSR count). The Balaban J connectivity index is 2.03. The molecular formula is C17H16N2O2. The van der Waals surface area contributed by atoms with Crippen LogP contribution in [-0.4, -0.2) is 15.1 Å². The number of aromatic amines is 1. The lowest BCUT2D eigenvalue weighted by Gasteiger charge is -2.18. The minimum atomic E-state index is -0.763. The van der Waals surface area contributed by atoms with E-state index in [0.717, 1.165) is 11.1 Å². The molecule has 0 spiro atoms. The number of hydrogen-bond donors (Lipinski definition) is 2. The first-order valence-electron chi connectivity index (χ1n) is 6.89. The quantitative estimate of drug-likeness (QED) is 0.775. The molecule has 2 aromatic carbocycles. The lowest BCUT2D eigenvalue weighted by molar-refractivity contribution is 0.149. The van der Waals surface area contributed by atoms with Gasteiger partial charge in [-0.25, -0.2) is 4.98 Å². The molecule has 0 aliphatic heterocycles. The van der Waals surface area contributed by atoms with Gasteiger partial charge in [-0.15, -0.1) is 0 Å². The molecule has 0 fully saturated rings. The summed E-state index contributed by atoms with van der Waals surface area (Å²) in [5.41, 5.74) is 2.30. The Kier molecular flexibility index (Phi) is 3.54. The van der Waals surface area contributed by atoms with E-state index in [9.17, 15) is 9.90 Å². The van der Waals surface area contributed by atoms with Crippen LogP contribution in [0.1, 0.15) is 30.2 Å². The van der Waals surface area contributed by atoms with E-state index in [1.807, 2.05) is 61.5 Å². The van der Waals surface area contributed by atoms with Crippen LogP contribution in [0.3, 0.4) is 0 Å². The van der Waals surface area contributed by atoms with Gasteiger partial charge in [0.15, 0.2) is 0 Å². The van der Waals surface area contributed by atoms with Crippen LogP contribution >= 0.6 is 0 Å². The van der Waals surface area contributed by atoms with Crippen LogP contribution < -0.4 is 5.56 Å². The van der Waals surface area contributed by atoms with E-state index >= 15 is 0 Å². The number of rotatable bonds is 3. The molecule has 0 amide bonds. The third-order valence-electron chi connectivity index (χ3n) is 3.67. The summed E-state index contributed by atoms with van der Waals surface area (Å²) < 4.78 is 0. The second kappa shape index (κ2) is 5.50. The van der Waals surface area contributed by atoms with Gasteiger partial charge in [0.2, 0.25) is 0 Å². The summed E-state index contributed by atoms with van der Waals surface area (Å²) in [4.78, 5) is 19.4. The number of fused-ring (bicyclic) bond motifs is 1. The molecule has 0 aliphatic carbocycles. The van der Waals surface area contributed by atoms with Gasteiger partial charge in [-0.1, -0.05) is 49.4 Å². The maximum Gasteiger partial charge on any atom is 0.270 e. The standard InChI is InChI=1S/C17H16N2O2/c1-11(16(20)12-7-3-2-4-8-12)15-17(21)19-14-10-6-5-9-13(14)18-15/h2-11,16,20H,1H3,(H,19,21). The van der Waals surface area contributed by atoms with E-state index < -0.39 is 6.10 Å². The number of H-pyrrole nitrogens is 1. The van der Waals surface area contributed by atoms with Crippen molar-refractivity contribution >= 4 is 11.0 Å². The molecule has 1 aromatic heterocycles. The number of aromatic nitrogens is 2. The van der Waals surface area contributed by atoms with Crippen LogP contribution in [0.25, 0.3) is 11.0 Å². The third-order valence-corrected chi connectivity index (χ3v) is 3.67. The average Bonchev–Trinajstić information content (AvgIpc) is 2.53. The molecule has 0 bridgehead atoms. The molecule has 21 heavy (non-hydrogen) atoms.